The van der Waals surface area contributed by atoms with Gasteiger partial charge in [-0.3, -0.25) is 9.59 Å². The van der Waals surface area contributed by atoms with E-state index in [4.69, 9.17) is 25.8 Å². The standard InChI is InChI=1S/C21H30ClIO8/c1-10(23)7-11(22)3-4-12(24)8-15-17(26)20-21(31-15)18(27)19-14(30-20)6-5-13(29-19)9-16(25)28-2/h11,13-15,17-21,26-27H,1,3-9H2,2H3/t11-,13-,14+,15?,17+,18+,19+,20?,21+/m1/s1. The van der Waals surface area contributed by atoms with Gasteiger partial charge in [-0.1, -0.05) is 6.58 Å². The van der Waals surface area contributed by atoms with Crippen molar-refractivity contribution < 1.29 is 38.7 Å². The predicted molar refractivity (Wildman–Crippen MR) is 120 cm³/mol. The fraction of sp³-hybridized carbons (Fsp3) is 0.810. The highest BCUT2D eigenvalue weighted by Crippen LogP contribution is 2.40. The molecule has 0 aromatic heterocycles. The molecule has 0 amide bonds. The number of carbonyl (C=O) groups excluding carboxylic acids is 2. The molecule has 31 heavy (non-hydrogen) atoms. The van der Waals surface area contributed by atoms with Gasteiger partial charge < -0.3 is 29.2 Å². The van der Waals surface area contributed by atoms with Crippen molar-refractivity contribution >= 4 is 45.9 Å². The molecule has 9 atom stereocenters. The first-order chi connectivity index (χ1) is 14.7. The quantitative estimate of drug-likeness (QED) is 0.245. The topological polar surface area (TPSA) is 112 Å². The molecule has 3 aliphatic heterocycles. The average Bonchev–Trinajstić information content (AvgIpc) is 3.02. The van der Waals surface area contributed by atoms with Crippen LogP contribution in [0.25, 0.3) is 0 Å². The van der Waals surface area contributed by atoms with Gasteiger partial charge in [-0.25, -0.2) is 0 Å². The van der Waals surface area contributed by atoms with Gasteiger partial charge in [0.2, 0.25) is 0 Å². The number of aliphatic hydroxyl groups is 2. The van der Waals surface area contributed by atoms with E-state index in [2.05, 4.69) is 33.9 Å². The summed E-state index contributed by atoms with van der Waals surface area (Å²) in [6, 6.07) is 0. The van der Waals surface area contributed by atoms with Crippen LogP contribution in [0.2, 0.25) is 0 Å². The van der Waals surface area contributed by atoms with E-state index in [0.717, 1.165) is 3.58 Å². The van der Waals surface area contributed by atoms with Gasteiger partial charge in [0, 0.05) is 18.2 Å². The van der Waals surface area contributed by atoms with E-state index in [1.807, 2.05) is 0 Å². The lowest BCUT2D eigenvalue weighted by Crippen LogP contribution is -2.61. The number of ether oxygens (including phenoxy) is 4. The Bertz CT molecular complexity index is 676. The first kappa shape index (κ1) is 25.3. The molecule has 3 aliphatic rings. The Kier molecular flexibility index (Phi) is 9.16. The van der Waals surface area contributed by atoms with Gasteiger partial charge in [-0.05, 0) is 51.9 Å². The van der Waals surface area contributed by atoms with Gasteiger partial charge in [-0.2, -0.15) is 0 Å². The molecular weight excluding hydrogens is 543 g/mol. The maximum Gasteiger partial charge on any atom is 0.308 e. The molecule has 10 heteroatoms. The molecule has 3 rings (SSSR count). The van der Waals surface area contributed by atoms with E-state index < -0.39 is 42.7 Å². The van der Waals surface area contributed by atoms with Crippen LogP contribution < -0.4 is 0 Å². The molecule has 3 saturated heterocycles. The summed E-state index contributed by atoms with van der Waals surface area (Å²) >= 11 is 8.32. The van der Waals surface area contributed by atoms with E-state index in [0.29, 0.717) is 25.7 Å². The number of halogens is 2. The highest BCUT2D eigenvalue weighted by Gasteiger charge is 2.57. The number of allylic oxidation sites excluding steroid dienone is 1. The van der Waals surface area contributed by atoms with Crippen molar-refractivity contribution in [1.82, 2.24) is 0 Å². The number of hydrogen-bond acceptors (Lipinski definition) is 8. The van der Waals surface area contributed by atoms with Gasteiger partial charge in [0.15, 0.2) is 0 Å². The minimum Gasteiger partial charge on any atom is -0.469 e. The Hall–Kier alpha value is -0.300. The van der Waals surface area contributed by atoms with Gasteiger partial charge >= 0.3 is 5.97 Å². The molecule has 0 aromatic rings. The maximum absolute atomic E-state index is 12.4. The number of ketones is 1. The Morgan fingerprint density at radius 2 is 1.84 bits per heavy atom. The summed E-state index contributed by atoms with van der Waals surface area (Å²) in [6.45, 7) is 3.81. The number of fused-ring (bicyclic) bond motifs is 2. The van der Waals surface area contributed by atoms with Crippen LogP contribution in [-0.2, 0) is 28.5 Å². The smallest absolute Gasteiger partial charge is 0.308 e. The third kappa shape index (κ3) is 6.39. The minimum atomic E-state index is -1.03. The molecule has 0 radical (unpaired) electrons. The summed E-state index contributed by atoms with van der Waals surface area (Å²) in [5.74, 6) is -0.436. The van der Waals surface area contributed by atoms with Crippen LogP contribution in [0, 0.1) is 0 Å². The van der Waals surface area contributed by atoms with Crippen LogP contribution in [0.1, 0.15) is 44.9 Å². The summed E-state index contributed by atoms with van der Waals surface area (Å²) in [7, 11) is 1.32. The summed E-state index contributed by atoms with van der Waals surface area (Å²) < 4.78 is 23.4. The number of hydrogen-bond donors (Lipinski definition) is 2. The predicted octanol–water partition coefficient (Wildman–Crippen LogP) is 2.04. The molecule has 8 nitrogen and oxygen atoms in total. The maximum atomic E-state index is 12.4. The highest BCUT2D eigenvalue weighted by atomic mass is 127. The number of Topliss-reactive ketones (excluding diaryl/α,β-unsaturated/α-hetero) is 1. The highest BCUT2D eigenvalue weighted by molar-refractivity contribution is 14.1. The lowest BCUT2D eigenvalue weighted by molar-refractivity contribution is -0.259. The first-order valence-electron chi connectivity index (χ1n) is 10.6. The second kappa shape index (κ2) is 11.2. The Balaban J connectivity index is 1.54. The van der Waals surface area contributed by atoms with E-state index in [1.165, 1.54) is 7.11 Å². The zero-order valence-corrected chi connectivity index (χ0v) is 20.4. The summed E-state index contributed by atoms with van der Waals surface area (Å²) in [6.07, 6.45) is -3.00. The molecule has 2 unspecified atom stereocenters. The molecule has 0 aromatic carbocycles. The molecular formula is C21H30ClIO8. The van der Waals surface area contributed by atoms with E-state index in [9.17, 15) is 19.8 Å². The first-order valence-corrected chi connectivity index (χ1v) is 12.1. The van der Waals surface area contributed by atoms with E-state index in [1.54, 1.807) is 0 Å². The van der Waals surface area contributed by atoms with Crippen molar-refractivity contribution in [3.63, 3.8) is 0 Å². The Labute approximate surface area is 200 Å². The normalized spacial score (nSPS) is 38.1. The molecule has 3 fully saturated rings. The van der Waals surface area contributed by atoms with E-state index in [-0.39, 0.29) is 42.5 Å². The second-order valence-electron chi connectivity index (χ2n) is 8.44. The lowest BCUT2D eigenvalue weighted by Gasteiger charge is -2.46. The van der Waals surface area contributed by atoms with Gasteiger partial charge in [-0.15, -0.1) is 11.6 Å². The van der Waals surface area contributed by atoms with Crippen molar-refractivity contribution in [1.29, 1.82) is 0 Å². The molecule has 0 saturated carbocycles. The average molecular weight is 573 g/mol. The molecule has 0 aliphatic carbocycles. The van der Waals surface area contributed by atoms with Crippen LogP contribution in [0.4, 0.5) is 0 Å². The van der Waals surface area contributed by atoms with Crippen molar-refractivity contribution in [2.45, 2.75) is 99.2 Å². The van der Waals surface area contributed by atoms with Gasteiger partial charge in [0.25, 0.3) is 0 Å². The number of rotatable bonds is 9. The fourth-order valence-electron chi connectivity index (χ4n) is 4.50. The lowest BCUT2D eigenvalue weighted by atomic mass is 9.87. The third-order valence-corrected chi connectivity index (χ3v) is 6.91. The van der Waals surface area contributed by atoms with Crippen molar-refractivity contribution in [3.8, 4) is 0 Å². The van der Waals surface area contributed by atoms with Crippen LogP contribution in [0.5, 0.6) is 0 Å². The molecule has 176 valence electrons. The molecule has 0 spiro atoms. The molecule has 0 bridgehead atoms. The monoisotopic (exact) mass is 572 g/mol. The number of methoxy groups -OCH3 is 1. The minimum absolute atomic E-state index is 0.0280. The van der Waals surface area contributed by atoms with Gasteiger partial charge in [0.1, 0.15) is 36.3 Å². The van der Waals surface area contributed by atoms with Crippen molar-refractivity contribution in [2.75, 3.05) is 7.11 Å². The van der Waals surface area contributed by atoms with Crippen LogP contribution in [-0.4, -0.2) is 83.3 Å². The fourth-order valence-corrected chi connectivity index (χ4v) is 5.59. The summed E-state index contributed by atoms with van der Waals surface area (Å²) in [4.78, 5) is 23.9. The zero-order valence-electron chi connectivity index (χ0n) is 17.5. The van der Waals surface area contributed by atoms with Gasteiger partial charge in [0.05, 0.1) is 31.8 Å². The summed E-state index contributed by atoms with van der Waals surface area (Å²) in [5.41, 5.74) is 0. The van der Waals surface area contributed by atoms with Crippen molar-refractivity contribution in [2.24, 2.45) is 0 Å². The number of esters is 1. The number of alkyl halides is 1. The zero-order chi connectivity index (χ0) is 22.7. The summed E-state index contributed by atoms with van der Waals surface area (Å²) in [5, 5.41) is 21.4. The largest absolute Gasteiger partial charge is 0.469 e. The van der Waals surface area contributed by atoms with Crippen LogP contribution >= 0.6 is 34.2 Å². The molecule has 2 N–H and O–H groups in total. The van der Waals surface area contributed by atoms with E-state index >= 15 is 0 Å². The molecule has 3 heterocycles. The number of carbonyl (C=O) groups is 2. The Morgan fingerprint density at radius 1 is 1.13 bits per heavy atom. The Morgan fingerprint density at radius 3 is 2.52 bits per heavy atom. The van der Waals surface area contributed by atoms with Crippen LogP contribution in [0.15, 0.2) is 10.2 Å². The van der Waals surface area contributed by atoms with Crippen LogP contribution in [0.3, 0.4) is 0 Å². The third-order valence-electron chi connectivity index (χ3n) is 6.10. The SMILES string of the molecule is C=C(I)C[C@H](Cl)CCC(=O)CC1O[C@@H]2C(O[C@H]3CC[C@H](CC(=O)OC)O[C@@H]3[C@@H]2O)[C@H]1O. The van der Waals surface area contributed by atoms with Crippen molar-refractivity contribution in [3.05, 3.63) is 10.2 Å². The number of aliphatic hydroxyl groups excluding tert-OH is 2. The second-order valence-corrected chi connectivity index (χ2v) is 10.6.